The summed E-state index contributed by atoms with van der Waals surface area (Å²) in [4.78, 5) is 25.1. The average Bonchev–Trinajstić information content (AvgIpc) is 2.60. The number of benzene rings is 1. The van der Waals surface area contributed by atoms with Crippen molar-refractivity contribution < 1.29 is 23.8 Å². The van der Waals surface area contributed by atoms with Crippen molar-refractivity contribution in [2.24, 2.45) is 5.92 Å². The van der Waals surface area contributed by atoms with Gasteiger partial charge in [-0.1, -0.05) is 19.9 Å². The summed E-state index contributed by atoms with van der Waals surface area (Å²) in [6.45, 7) is 11.3. The molecule has 0 saturated heterocycles. The van der Waals surface area contributed by atoms with Crippen LogP contribution < -0.4 is 20.1 Å². The van der Waals surface area contributed by atoms with Crippen LogP contribution in [0.4, 0.5) is 4.79 Å². The average molecular weight is 390 g/mol. The summed E-state index contributed by atoms with van der Waals surface area (Å²) in [5.74, 6) is 0.605. The van der Waals surface area contributed by atoms with E-state index in [2.05, 4.69) is 10.6 Å². The number of rotatable bonds is 7. The van der Waals surface area contributed by atoms with Crippen molar-refractivity contribution >= 4 is 12.0 Å². The van der Waals surface area contributed by atoms with Crippen LogP contribution in [-0.2, 0) is 9.53 Å². The maximum absolute atomic E-state index is 12.9. The van der Waals surface area contributed by atoms with Gasteiger partial charge in [-0.15, -0.1) is 0 Å². The molecule has 1 aromatic carbocycles. The second-order valence-electron chi connectivity index (χ2n) is 7.54. The van der Waals surface area contributed by atoms with E-state index in [0.29, 0.717) is 28.3 Å². The Balaban J connectivity index is 2.54. The zero-order valence-electron chi connectivity index (χ0n) is 17.6. The second-order valence-corrected chi connectivity index (χ2v) is 7.54. The molecule has 0 bridgehead atoms. The lowest BCUT2D eigenvalue weighted by Gasteiger charge is -2.31. The molecule has 0 aromatic heterocycles. The molecular weight excluding hydrogens is 360 g/mol. The fraction of sp³-hybridized carbons (Fsp3) is 0.524. The predicted octanol–water partition coefficient (Wildman–Crippen LogP) is 3.70. The number of esters is 1. The van der Waals surface area contributed by atoms with Gasteiger partial charge >= 0.3 is 12.0 Å². The van der Waals surface area contributed by atoms with Gasteiger partial charge in [0, 0.05) is 5.70 Å². The molecule has 0 aliphatic carbocycles. The maximum Gasteiger partial charge on any atom is 0.338 e. The lowest BCUT2D eigenvalue weighted by atomic mass is 9.91. The summed E-state index contributed by atoms with van der Waals surface area (Å²) in [5.41, 5.74) is 1.65. The molecule has 1 unspecified atom stereocenters. The molecule has 0 spiro atoms. The van der Waals surface area contributed by atoms with Gasteiger partial charge in [0.15, 0.2) is 11.5 Å². The van der Waals surface area contributed by atoms with E-state index in [4.69, 9.17) is 14.2 Å². The highest BCUT2D eigenvalue weighted by Gasteiger charge is 2.35. The highest BCUT2D eigenvalue weighted by atomic mass is 16.5. The molecule has 2 N–H and O–H groups in total. The van der Waals surface area contributed by atoms with Crippen molar-refractivity contribution in [3.63, 3.8) is 0 Å². The molecule has 1 heterocycles. The smallest absolute Gasteiger partial charge is 0.338 e. The molecule has 7 heteroatoms. The fourth-order valence-corrected chi connectivity index (χ4v) is 3.01. The Morgan fingerprint density at radius 2 is 1.71 bits per heavy atom. The third kappa shape index (κ3) is 4.97. The minimum atomic E-state index is -0.653. The fourth-order valence-electron chi connectivity index (χ4n) is 3.01. The first-order valence-corrected chi connectivity index (χ1v) is 9.51. The number of hydrogen-bond acceptors (Lipinski definition) is 5. The first-order valence-electron chi connectivity index (χ1n) is 9.51. The van der Waals surface area contributed by atoms with Crippen molar-refractivity contribution in [1.82, 2.24) is 10.6 Å². The standard InChI is InChI=1S/C21H30N2O5/c1-11(2)18-17(20(24)28-13(5)6)19(23-21(25)22-18)14-8-9-15(27-12(3)4)16(10-14)26-7/h8-13,19H,1-7H3,(H2,22,23,25). The number of carbonyl (C=O) groups is 2. The summed E-state index contributed by atoms with van der Waals surface area (Å²) in [7, 11) is 1.55. The molecule has 0 fully saturated rings. The van der Waals surface area contributed by atoms with Gasteiger partial charge in [0.25, 0.3) is 0 Å². The van der Waals surface area contributed by atoms with Crippen LogP contribution in [0.15, 0.2) is 29.5 Å². The van der Waals surface area contributed by atoms with Gasteiger partial charge in [-0.25, -0.2) is 9.59 Å². The number of amides is 2. The number of urea groups is 1. The van der Waals surface area contributed by atoms with Crippen molar-refractivity contribution in [3.05, 3.63) is 35.0 Å². The van der Waals surface area contributed by atoms with E-state index in [1.807, 2.05) is 33.8 Å². The lowest BCUT2D eigenvalue weighted by Crippen LogP contribution is -2.47. The van der Waals surface area contributed by atoms with E-state index in [0.717, 1.165) is 0 Å². The normalized spacial score (nSPS) is 16.9. The van der Waals surface area contributed by atoms with Gasteiger partial charge in [-0.3, -0.25) is 0 Å². The molecule has 7 nitrogen and oxygen atoms in total. The summed E-state index contributed by atoms with van der Waals surface area (Å²) in [6, 6.07) is 4.35. The Labute approximate surface area is 166 Å². The largest absolute Gasteiger partial charge is 0.493 e. The van der Waals surface area contributed by atoms with Crippen molar-refractivity contribution in [1.29, 1.82) is 0 Å². The van der Waals surface area contributed by atoms with Crippen LogP contribution in [0.1, 0.15) is 53.1 Å². The molecule has 0 radical (unpaired) electrons. The Morgan fingerprint density at radius 1 is 1.04 bits per heavy atom. The first kappa shape index (κ1) is 21.6. The van der Waals surface area contributed by atoms with Gasteiger partial charge in [0.1, 0.15) is 0 Å². The van der Waals surface area contributed by atoms with Crippen molar-refractivity contribution in [2.75, 3.05) is 7.11 Å². The van der Waals surface area contributed by atoms with E-state index < -0.39 is 12.0 Å². The Hall–Kier alpha value is -2.70. The highest BCUT2D eigenvalue weighted by molar-refractivity contribution is 5.95. The van der Waals surface area contributed by atoms with E-state index in [9.17, 15) is 9.59 Å². The third-order valence-corrected chi connectivity index (χ3v) is 4.13. The van der Waals surface area contributed by atoms with E-state index in [1.54, 1.807) is 33.1 Å². The van der Waals surface area contributed by atoms with Crippen LogP contribution in [0.5, 0.6) is 11.5 Å². The molecule has 1 aliphatic rings. The van der Waals surface area contributed by atoms with Gasteiger partial charge in [0.2, 0.25) is 0 Å². The number of hydrogen-bond donors (Lipinski definition) is 2. The van der Waals surface area contributed by atoms with Crippen LogP contribution >= 0.6 is 0 Å². The predicted molar refractivity (Wildman–Crippen MR) is 106 cm³/mol. The van der Waals surface area contributed by atoms with Gasteiger partial charge in [-0.2, -0.15) is 0 Å². The third-order valence-electron chi connectivity index (χ3n) is 4.13. The molecule has 154 valence electrons. The quantitative estimate of drug-likeness (QED) is 0.694. The van der Waals surface area contributed by atoms with Crippen molar-refractivity contribution in [2.45, 2.75) is 59.8 Å². The second kappa shape index (κ2) is 8.99. The minimum absolute atomic E-state index is 0.0117. The molecule has 2 amide bonds. The zero-order chi connectivity index (χ0) is 21.0. The Kier molecular flexibility index (Phi) is 6.94. The van der Waals surface area contributed by atoms with E-state index >= 15 is 0 Å². The van der Waals surface area contributed by atoms with E-state index in [1.165, 1.54) is 0 Å². The number of methoxy groups -OCH3 is 1. The molecule has 1 atom stereocenters. The number of allylic oxidation sites excluding steroid dienone is 1. The highest BCUT2D eigenvalue weighted by Crippen LogP contribution is 2.36. The molecule has 28 heavy (non-hydrogen) atoms. The summed E-state index contributed by atoms with van der Waals surface area (Å²) in [5, 5.41) is 5.59. The monoisotopic (exact) mass is 390 g/mol. The van der Waals surface area contributed by atoms with E-state index in [-0.39, 0.29) is 24.2 Å². The summed E-state index contributed by atoms with van der Waals surface area (Å²) >= 11 is 0. The summed E-state index contributed by atoms with van der Waals surface area (Å²) in [6.07, 6.45) is -0.287. The maximum atomic E-state index is 12.9. The van der Waals surface area contributed by atoms with Gasteiger partial charge < -0.3 is 24.8 Å². The topological polar surface area (TPSA) is 85.9 Å². The number of carbonyl (C=O) groups excluding carboxylic acids is 2. The van der Waals surface area contributed by atoms with Gasteiger partial charge in [-0.05, 0) is 51.3 Å². The molecule has 0 saturated carbocycles. The van der Waals surface area contributed by atoms with Crippen molar-refractivity contribution in [3.8, 4) is 11.5 Å². The zero-order valence-corrected chi connectivity index (χ0v) is 17.6. The number of nitrogens with one attached hydrogen (secondary N) is 2. The molecule has 1 aliphatic heterocycles. The minimum Gasteiger partial charge on any atom is -0.493 e. The number of ether oxygens (including phenoxy) is 3. The van der Waals surface area contributed by atoms with Crippen LogP contribution in [0.25, 0.3) is 0 Å². The molecule has 2 rings (SSSR count). The van der Waals surface area contributed by atoms with Crippen LogP contribution in [0.3, 0.4) is 0 Å². The Bertz CT molecular complexity index is 768. The van der Waals surface area contributed by atoms with Crippen LogP contribution in [0.2, 0.25) is 0 Å². The van der Waals surface area contributed by atoms with Crippen LogP contribution in [0, 0.1) is 5.92 Å². The van der Waals surface area contributed by atoms with Crippen LogP contribution in [-0.4, -0.2) is 31.3 Å². The SMILES string of the molecule is COc1cc(C2NC(=O)NC(C(C)C)=C2C(=O)OC(C)C)ccc1OC(C)C. The molecule has 1 aromatic rings. The summed E-state index contributed by atoms with van der Waals surface area (Å²) < 4.78 is 16.7. The van der Waals surface area contributed by atoms with Gasteiger partial charge in [0.05, 0.1) is 30.9 Å². The lowest BCUT2D eigenvalue weighted by molar-refractivity contribution is -0.143. The Morgan fingerprint density at radius 3 is 2.25 bits per heavy atom. The molecular formula is C21H30N2O5. The first-order chi connectivity index (χ1) is 13.1.